The molecule has 2 heterocycles. The maximum atomic E-state index is 11.4. The van der Waals surface area contributed by atoms with Gasteiger partial charge in [-0.05, 0) is 6.92 Å². The van der Waals surface area contributed by atoms with Gasteiger partial charge in [-0.1, -0.05) is 5.16 Å². The van der Waals surface area contributed by atoms with E-state index in [1.54, 1.807) is 13.0 Å². The van der Waals surface area contributed by atoms with Crippen molar-refractivity contribution in [1.82, 2.24) is 10.1 Å². The fraction of sp³-hybridized carbons (Fsp3) is 0.222. The Morgan fingerprint density at radius 2 is 2.44 bits per heavy atom. The van der Waals surface area contributed by atoms with Crippen LogP contribution in [-0.2, 0) is 4.74 Å². The van der Waals surface area contributed by atoms with E-state index in [1.165, 1.54) is 6.26 Å². The second-order valence-electron chi connectivity index (χ2n) is 2.84. The number of carbonyl (C=O) groups excluding carboxylic acids is 1. The zero-order valence-electron chi connectivity index (χ0n) is 8.47. The van der Waals surface area contributed by atoms with Crippen molar-refractivity contribution in [2.45, 2.75) is 6.92 Å². The Morgan fingerprint density at radius 1 is 1.62 bits per heavy atom. The number of nitrogens with two attached hydrogens (primary N) is 1. The highest BCUT2D eigenvalue weighted by molar-refractivity contribution is 5.92. The van der Waals surface area contributed by atoms with Gasteiger partial charge in [-0.25, -0.2) is 4.79 Å². The lowest BCUT2D eigenvalue weighted by atomic mass is 10.4. The molecule has 0 aliphatic heterocycles. The summed E-state index contributed by atoms with van der Waals surface area (Å²) in [7, 11) is 0. The number of esters is 1. The highest BCUT2D eigenvalue weighted by Gasteiger charge is 2.20. The second kappa shape index (κ2) is 4.05. The zero-order chi connectivity index (χ0) is 11.5. The maximum absolute atomic E-state index is 11.4. The number of hydrogen-bond acceptors (Lipinski definition) is 7. The van der Waals surface area contributed by atoms with Crippen LogP contribution in [0.15, 0.2) is 21.3 Å². The largest absolute Gasteiger partial charge is 0.461 e. The van der Waals surface area contributed by atoms with Crippen molar-refractivity contribution >= 4 is 11.9 Å². The normalized spacial score (nSPS) is 10.3. The fourth-order valence-corrected chi connectivity index (χ4v) is 1.11. The van der Waals surface area contributed by atoms with E-state index in [0.717, 1.165) is 0 Å². The van der Waals surface area contributed by atoms with Gasteiger partial charge in [-0.15, -0.1) is 0 Å². The smallest absolute Gasteiger partial charge is 0.362 e. The Hall–Kier alpha value is -2.31. The minimum Gasteiger partial charge on any atom is -0.461 e. The standard InChI is InChI=1S/C9H9N3O4/c1-2-14-9(13)6-7(10)16-8(11-6)5-3-4-15-12-5/h3-4H,2,10H2,1H3. The molecule has 2 rings (SSSR count). The van der Waals surface area contributed by atoms with E-state index in [0.29, 0.717) is 5.69 Å². The molecule has 0 saturated heterocycles. The predicted molar refractivity (Wildman–Crippen MR) is 52.4 cm³/mol. The molecule has 0 aliphatic rings. The molecule has 84 valence electrons. The Bertz CT molecular complexity index is 489. The van der Waals surface area contributed by atoms with Gasteiger partial charge in [0.25, 0.3) is 5.89 Å². The Morgan fingerprint density at radius 3 is 3.06 bits per heavy atom. The number of nitrogens with zero attached hydrogens (tertiary/aromatic N) is 2. The quantitative estimate of drug-likeness (QED) is 0.776. The lowest BCUT2D eigenvalue weighted by Crippen LogP contribution is -2.07. The zero-order valence-corrected chi connectivity index (χ0v) is 8.47. The molecule has 0 atom stereocenters. The van der Waals surface area contributed by atoms with Gasteiger partial charge in [0.1, 0.15) is 6.26 Å². The van der Waals surface area contributed by atoms with Crippen LogP contribution in [0.1, 0.15) is 17.4 Å². The van der Waals surface area contributed by atoms with E-state index in [9.17, 15) is 4.79 Å². The number of carbonyl (C=O) groups is 1. The molecular formula is C9H9N3O4. The average molecular weight is 223 g/mol. The minimum absolute atomic E-state index is 0.0557. The molecule has 16 heavy (non-hydrogen) atoms. The lowest BCUT2D eigenvalue weighted by molar-refractivity contribution is 0.0521. The van der Waals surface area contributed by atoms with Gasteiger partial charge < -0.3 is 19.4 Å². The molecule has 0 radical (unpaired) electrons. The molecule has 0 spiro atoms. The summed E-state index contributed by atoms with van der Waals surface area (Å²) in [6.45, 7) is 1.93. The molecule has 0 aromatic carbocycles. The Kier molecular flexibility index (Phi) is 2.59. The molecule has 0 amide bonds. The first-order chi connectivity index (χ1) is 7.72. The van der Waals surface area contributed by atoms with Gasteiger partial charge in [0.15, 0.2) is 5.69 Å². The van der Waals surface area contributed by atoms with E-state index in [1.807, 2.05) is 0 Å². The molecule has 2 N–H and O–H groups in total. The third-order valence-corrected chi connectivity index (χ3v) is 1.78. The number of anilines is 1. The maximum Gasteiger partial charge on any atom is 0.362 e. The van der Waals surface area contributed by atoms with Crippen LogP contribution in [-0.4, -0.2) is 22.7 Å². The molecule has 0 bridgehead atoms. The topological polar surface area (TPSA) is 104 Å². The fourth-order valence-electron chi connectivity index (χ4n) is 1.11. The SMILES string of the molecule is CCOC(=O)c1nc(-c2ccon2)oc1N. The number of aromatic nitrogens is 2. The van der Waals surface area contributed by atoms with Crippen LogP contribution < -0.4 is 5.73 Å². The monoisotopic (exact) mass is 223 g/mol. The first-order valence-corrected chi connectivity index (χ1v) is 4.56. The molecule has 2 aromatic rings. The van der Waals surface area contributed by atoms with Crippen LogP contribution in [0.25, 0.3) is 11.6 Å². The van der Waals surface area contributed by atoms with Gasteiger partial charge in [0.05, 0.1) is 6.61 Å². The van der Waals surface area contributed by atoms with Crippen molar-refractivity contribution in [3.05, 3.63) is 18.0 Å². The van der Waals surface area contributed by atoms with Crippen molar-refractivity contribution in [2.75, 3.05) is 12.3 Å². The van der Waals surface area contributed by atoms with Crippen LogP contribution in [0.5, 0.6) is 0 Å². The van der Waals surface area contributed by atoms with Crippen molar-refractivity contribution in [3.8, 4) is 11.6 Å². The summed E-state index contributed by atoms with van der Waals surface area (Å²) < 4.78 is 14.4. The molecule has 2 aromatic heterocycles. The average Bonchev–Trinajstić information content (AvgIpc) is 2.86. The highest BCUT2D eigenvalue weighted by atomic mass is 16.5. The molecule has 7 heteroatoms. The Labute approximate surface area is 90.2 Å². The third kappa shape index (κ3) is 1.74. The van der Waals surface area contributed by atoms with E-state index in [4.69, 9.17) is 14.9 Å². The molecule has 0 unspecified atom stereocenters. The van der Waals surface area contributed by atoms with Crippen LogP contribution in [0.4, 0.5) is 5.88 Å². The number of nitrogen functional groups attached to an aromatic ring is 1. The first-order valence-electron chi connectivity index (χ1n) is 4.56. The first kappa shape index (κ1) is 10.2. The van der Waals surface area contributed by atoms with Crippen molar-refractivity contribution in [3.63, 3.8) is 0 Å². The van der Waals surface area contributed by atoms with Crippen molar-refractivity contribution < 1.29 is 18.5 Å². The number of rotatable bonds is 3. The van der Waals surface area contributed by atoms with Gasteiger partial charge in [0.2, 0.25) is 11.6 Å². The van der Waals surface area contributed by atoms with Gasteiger partial charge in [-0.3, -0.25) is 0 Å². The summed E-state index contributed by atoms with van der Waals surface area (Å²) in [4.78, 5) is 15.3. The molecule has 7 nitrogen and oxygen atoms in total. The summed E-state index contributed by atoms with van der Waals surface area (Å²) in [5, 5.41) is 3.61. The number of oxazole rings is 1. The van der Waals surface area contributed by atoms with Gasteiger partial charge >= 0.3 is 5.97 Å². The van der Waals surface area contributed by atoms with E-state index < -0.39 is 5.97 Å². The van der Waals surface area contributed by atoms with Crippen molar-refractivity contribution in [2.24, 2.45) is 0 Å². The van der Waals surface area contributed by atoms with E-state index >= 15 is 0 Å². The van der Waals surface area contributed by atoms with Gasteiger partial charge in [-0.2, -0.15) is 4.98 Å². The minimum atomic E-state index is -0.626. The summed E-state index contributed by atoms with van der Waals surface area (Å²) in [5.74, 6) is -0.607. The van der Waals surface area contributed by atoms with Crippen molar-refractivity contribution in [1.29, 1.82) is 0 Å². The van der Waals surface area contributed by atoms with Crippen LogP contribution in [0.2, 0.25) is 0 Å². The van der Waals surface area contributed by atoms with Gasteiger partial charge in [0, 0.05) is 6.07 Å². The van der Waals surface area contributed by atoms with E-state index in [-0.39, 0.29) is 24.1 Å². The van der Waals surface area contributed by atoms with Crippen LogP contribution in [0, 0.1) is 0 Å². The number of ether oxygens (including phenoxy) is 1. The molecule has 0 fully saturated rings. The lowest BCUT2D eigenvalue weighted by Gasteiger charge is -1.96. The number of hydrogen-bond donors (Lipinski definition) is 1. The molecule has 0 aliphatic carbocycles. The highest BCUT2D eigenvalue weighted by Crippen LogP contribution is 2.22. The summed E-state index contributed by atoms with van der Waals surface area (Å²) >= 11 is 0. The summed E-state index contributed by atoms with van der Waals surface area (Å²) in [6, 6.07) is 1.54. The Balaban J connectivity index is 2.32. The van der Waals surface area contributed by atoms with Crippen LogP contribution in [0.3, 0.4) is 0 Å². The second-order valence-corrected chi connectivity index (χ2v) is 2.84. The third-order valence-electron chi connectivity index (χ3n) is 1.78. The summed E-state index contributed by atoms with van der Waals surface area (Å²) in [6.07, 6.45) is 1.36. The molecular weight excluding hydrogens is 214 g/mol. The predicted octanol–water partition coefficient (Wildman–Crippen LogP) is 1.09. The molecule has 0 saturated carbocycles. The summed E-state index contributed by atoms with van der Waals surface area (Å²) in [5.41, 5.74) is 5.80. The van der Waals surface area contributed by atoms with Crippen LogP contribution >= 0.6 is 0 Å². The van der Waals surface area contributed by atoms with E-state index in [2.05, 4.69) is 14.7 Å².